The Hall–Kier alpha value is -1.38. The molecule has 0 aliphatic rings. The average Bonchev–Trinajstić information content (AvgIpc) is 2.07. The van der Waals surface area contributed by atoms with E-state index in [0.717, 1.165) is 5.56 Å². The minimum absolute atomic E-state index is 0.253. The van der Waals surface area contributed by atoms with E-state index in [9.17, 15) is 9.18 Å². The average molecular weight is 196 g/mol. The van der Waals surface area contributed by atoms with E-state index in [1.54, 1.807) is 12.1 Å². The van der Waals surface area contributed by atoms with Crippen molar-refractivity contribution < 1.29 is 14.3 Å². The second-order valence-electron chi connectivity index (χ2n) is 3.58. The Kier molecular flexibility index (Phi) is 3.23. The van der Waals surface area contributed by atoms with E-state index < -0.39 is 11.8 Å². The van der Waals surface area contributed by atoms with Crippen LogP contribution in [0.2, 0.25) is 0 Å². The molecule has 0 saturated heterocycles. The van der Waals surface area contributed by atoms with Gasteiger partial charge in [-0.05, 0) is 23.1 Å². The van der Waals surface area contributed by atoms with E-state index in [4.69, 9.17) is 5.11 Å². The van der Waals surface area contributed by atoms with Crippen molar-refractivity contribution in [2.75, 3.05) is 0 Å². The van der Waals surface area contributed by atoms with Crippen molar-refractivity contribution in [2.45, 2.75) is 26.2 Å². The molecule has 2 nitrogen and oxygen atoms in total. The topological polar surface area (TPSA) is 37.3 Å². The standard InChI is InChI=1S/C11H13FO2/c1-7(2)8-3-4-10(12)9(5-8)6-11(13)14/h3-5,7H,6H2,1-2H3,(H,13,14). The molecule has 0 aliphatic carbocycles. The highest BCUT2D eigenvalue weighted by Gasteiger charge is 2.09. The van der Waals surface area contributed by atoms with Gasteiger partial charge in [0.15, 0.2) is 0 Å². The highest BCUT2D eigenvalue weighted by Crippen LogP contribution is 2.18. The van der Waals surface area contributed by atoms with Crippen LogP contribution in [-0.4, -0.2) is 11.1 Å². The zero-order valence-electron chi connectivity index (χ0n) is 8.25. The van der Waals surface area contributed by atoms with Crippen molar-refractivity contribution in [3.8, 4) is 0 Å². The summed E-state index contributed by atoms with van der Waals surface area (Å²) < 4.78 is 13.1. The molecule has 0 aromatic heterocycles. The molecule has 0 bridgehead atoms. The van der Waals surface area contributed by atoms with Crippen LogP contribution in [0.3, 0.4) is 0 Å². The Labute approximate surface area is 82.4 Å². The van der Waals surface area contributed by atoms with E-state index in [-0.39, 0.29) is 17.9 Å². The number of hydrogen-bond donors (Lipinski definition) is 1. The van der Waals surface area contributed by atoms with Gasteiger partial charge in [0.2, 0.25) is 0 Å². The van der Waals surface area contributed by atoms with Crippen molar-refractivity contribution >= 4 is 5.97 Å². The maximum Gasteiger partial charge on any atom is 0.307 e. The molecule has 0 atom stereocenters. The van der Waals surface area contributed by atoms with Crippen molar-refractivity contribution in [1.29, 1.82) is 0 Å². The van der Waals surface area contributed by atoms with E-state index in [1.165, 1.54) is 6.07 Å². The van der Waals surface area contributed by atoms with Crippen LogP contribution in [0.1, 0.15) is 30.9 Å². The number of hydrogen-bond acceptors (Lipinski definition) is 1. The fourth-order valence-corrected chi connectivity index (χ4v) is 1.25. The largest absolute Gasteiger partial charge is 0.481 e. The number of aliphatic carboxylic acids is 1. The lowest BCUT2D eigenvalue weighted by molar-refractivity contribution is -0.136. The summed E-state index contributed by atoms with van der Waals surface area (Å²) in [5.41, 5.74) is 1.21. The number of rotatable bonds is 3. The third kappa shape index (κ3) is 2.55. The van der Waals surface area contributed by atoms with Gasteiger partial charge in [0.1, 0.15) is 5.82 Å². The second kappa shape index (κ2) is 4.22. The summed E-state index contributed by atoms with van der Waals surface area (Å²) in [4.78, 5) is 10.4. The predicted molar refractivity (Wildman–Crippen MR) is 51.8 cm³/mol. The van der Waals surface area contributed by atoms with Gasteiger partial charge in [-0.25, -0.2) is 4.39 Å². The van der Waals surface area contributed by atoms with Gasteiger partial charge in [-0.2, -0.15) is 0 Å². The molecule has 0 radical (unpaired) electrons. The molecule has 0 heterocycles. The highest BCUT2D eigenvalue weighted by atomic mass is 19.1. The molecule has 14 heavy (non-hydrogen) atoms. The Balaban J connectivity index is 3.02. The van der Waals surface area contributed by atoms with Gasteiger partial charge in [-0.3, -0.25) is 4.79 Å². The molecular weight excluding hydrogens is 183 g/mol. The minimum Gasteiger partial charge on any atom is -0.481 e. The van der Waals surface area contributed by atoms with Gasteiger partial charge in [0, 0.05) is 0 Å². The van der Waals surface area contributed by atoms with Gasteiger partial charge in [-0.1, -0.05) is 26.0 Å². The van der Waals surface area contributed by atoms with Gasteiger partial charge >= 0.3 is 5.97 Å². The third-order valence-corrected chi connectivity index (χ3v) is 2.08. The lowest BCUT2D eigenvalue weighted by atomic mass is 9.99. The summed E-state index contributed by atoms with van der Waals surface area (Å²) >= 11 is 0. The molecule has 3 heteroatoms. The number of benzene rings is 1. The lowest BCUT2D eigenvalue weighted by Gasteiger charge is -2.07. The number of carbonyl (C=O) groups is 1. The number of carboxylic acid groups (broad SMARTS) is 1. The number of carboxylic acids is 1. The van der Waals surface area contributed by atoms with E-state index >= 15 is 0 Å². The predicted octanol–water partition coefficient (Wildman–Crippen LogP) is 2.58. The van der Waals surface area contributed by atoms with Crippen LogP contribution in [0.4, 0.5) is 4.39 Å². The molecular formula is C11H13FO2. The maximum atomic E-state index is 13.1. The van der Waals surface area contributed by atoms with Crippen LogP contribution in [0.5, 0.6) is 0 Å². The molecule has 0 fully saturated rings. The van der Waals surface area contributed by atoms with Crippen molar-refractivity contribution in [1.82, 2.24) is 0 Å². The summed E-state index contributed by atoms with van der Waals surface area (Å²) in [6, 6.07) is 4.63. The van der Waals surface area contributed by atoms with E-state index in [2.05, 4.69) is 0 Å². The number of halogens is 1. The van der Waals surface area contributed by atoms with E-state index in [1.807, 2.05) is 13.8 Å². The smallest absolute Gasteiger partial charge is 0.307 e. The Morgan fingerprint density at radius 3 is 2.64 bits per heavy atom. The third-order valence-electron chi connectivity index (χ3n) is 2.08. The summed E-state index contributed by atoms with van der Waals surface area (Å²) in [5.74, 6) is -1.18. The Morgan fingerprint density at radius 1 is 1.50 bits per heavy atom. The monoisotopic (exact) mass is 196 g/mol. The first kappa shape index (κ1) is 10.7. The molecule has 0 amide bonds. The van der Waals surface area contributed by atoms with Gasteiger partial charge in [-0.15, -0.1) is 0 Å². The van der Waals surface area contributed by atoms with Crippen LogP contribution < -0.4 is 0 Å². The van der Waals surface area contributed by atoms with Crippen LogP contribution in [0.15, 0.2) is 18.2 Å². The Morgan fingerprint density at radius 2 is 2.14 bits per heavy atom. The first-order valence-electron chi connectivity index (χ1n) is 4.51. The SMILES string of the molecule is CC(C)c1ccc(F)c(CC(=O)O)c1. The van der Waals surface area contributed by atoms with Crippen LogP contribution >= 0.6 is 0 Å². The molecule has 1 rings (SSSR count). The summed E-state index contributed by atoms with van der Waals surface area (Å²) in [6.07, 6.45) is -0.258. The maximum absolute atomic E-state index is 13.1. The quantitative estimate of drug-likeness (QED) is 0.806. The summed E-state index contributed by atoms with van der Waals surface area (Å²) in [6.45, 7) is 3.97. The molecule has 0 unspecified atom stereocenters. The van der Waals surface area contributed by atoms with Crippen molar-refractivity contribution in [2.24, 2.45) is 0 Å². The lowest BCUT2D eigenvalue weighted by Crippen LogP contribution is -2.03. The van der Waals surface area contributed by atoms with Gasteiger partial charge in [0.25, 0.3) is 0 Å². The zero-order valence-corrected chi connectivity index (χ0v) is 8.25. The highest BCUT2D eigenvalue weighted by molar-refractivity contribution is 5.70. The molecule has 1 aromatic rings. The van der Waals surface area contributed by atoms with Gasteiger partial charge in [0.05, 0.1) is 6.42 Å². The molecule has 0 aliphatic heterocycles. The first-order valence-corrected chi connectivity index (χ1v) is 4.51. The molecule has 1 aromatic carbocycles. The zero-order chi connectivity index (χ0) is 10.7. The summed E-state index contributed by atoms with van der Waals surface area (Å²) in [7, 11) is 0. The van der Waals surface area contributed by atoms with E-state index in [0.29, 0.717) is 0 Å². The van der Waals surface area contributed by atoms with Crippen LogP contribution in [0.25, 0.3) is 0 Å². The molecule has 1 N–H and O–H groups in total. The first-order chi connectivity index (χ1) is 6.50. The summed E-state index contributed by atoms with van der Waals surface area (Å²) in [5, 5.41) is 8.55. The fourth-order valence-electron chi connectivity index (χ4n) is 1.25. The van der Waals surface area contributed by atoms with Gasteiger partial charge < -0.3 is 5.11 Å². The second-order valence-corrected chi connectivity index (χ2v) is 3.58. The minimum atomic E-state index is -1.01. The van der Waals surface area contributed by atoms with Crippen LogP contribution in [0, 0.1) is 5.82 Å². The van der Waals surface area contributed by atoms with Crippen molar-refractivity contribution in [3.63, 3.8) is 0 Å². The normalized spacial score (nSPS) is 10.6. The fraction of sp³-hybridized carbons (Fsp3) is 0.364. The van der Waals surface area contributed by atoms with Crippen LogP contribution in [-0.2, 0) is 11.2 Å². The molecule has 0 saturated carbocycles. The molecule has 0 spiro atoms. The van der Waals surface area contributed by atoms with Crippen molar-refractivity contribution in [3.05, 3.63) is 35.1 Å². The Bertz CT molecular complexity index is 345. The molecule has 76 valence electrons.